The number of thioether (sulfide) groups is 1. The Bertz CT molecular complexity index is 819. The van der Waals surface area contributed by atoms with Crippen LogP contribution >= 0.6 is 11.8 Å². The fourth-order valence-electron chi connectivity index (χ4n) is 3.23. The highest BCUT2D eigenvalue weighted by molar-refractivity contribution is 7.99. The van der Waals surface area contributed by atoms with E-state index in [0.717, 1.165) is 22.6 Å². The van der Waals surface area contributed by atoms with Crippen molar-refractivity contribution in [1.29, 1.82) is 0 Å². The minimum Gasteiger partial charge on any atom is -0.497 e. The Morgan fingerprint density at radius 3 is 2.21 bits per heavy atom. The zero-order valence-electron chi connectivity index (χ0n) is 16.6. The molecule has 2 aromatic rings. The smallest absolute Gasteiger partial charge is 0.224 e. The van der Waals surface area contributed by atoms with Gasteiger partial charge in [-0.05, 0) is 29.8 Å². The van der Waals surface area contributed by atoms with Gasteiger partial charge < -0.3 is 23.8 Å². The molecule has 2 aromatic carbocycles. The number of carbonyl (C=O) groups is 1. The fraction of sp³-hybridized carbons (Fsp3) is 0.381. The molecule has 0 N–H and O–H groups in total. The number of amides is 1. The van der Waals surface area contributed by atoms with Crippen molar-refractivity contribution < 1.29 is 23.7 Å². The molecule has 0 radical (unpaired) electrons. The van der Waals surface area contributed by atoms with Gasteiger partial charge in [0.15, 0.2) is 0 Å². The summed E-state index contributed by atoms with van der Waals surface area (Å²) in [5, 5.41) is -0.140. The normalized spacial score (nSPS) is 16.6. The topological polar surface area (TPSA) is 57.2 Å². The number of ether oxygens (including phenoxy) is 4. The molecule has 0 spiro atoms. The van der Waals surface area contributed by atoms with Crippen LogP contribution in [-0.4, -0.2) is 45.0 Å². The van der Waals surface area contributed by atoms with Crippen LogP contribution in [0, 0.1) is 0 Å². The van der Waals surface area contributed by atoms with Crippen molar-refractivity contribution in [3.8, 4) is 23.0 Å². The van der Waals surface area contributed by atoms with Gasteiger partial charge in [-0.1, -0.05) is 0 Å². The van der Waals surface area contributed by atoms with Gasteiger partial charge in [0.05, 0.1) is 28.4 Å². The van der Waals surface area contributed by atoms with E-state index in [1.165, 1.54) is 0 Å². The van der Waals surface area contributed by atoms with Gasteiger partial charge in [-0.3, -0.25) is 4.79 Å². The Morgan fingerprint density at radius 2 is 1.61 bits per heavy atom. The third kappa shape index (κ3) is 4.30. The summed E-state index contributed by atoms with van der Waals surface area (Å²) in [5.74, 6) is 3.71. The van der Waals surface area contributed by atoms with Crippen LogP contribution in [0.2, 0.25) is 0 Å². The third-order valence-electron chi connectivity index (χ3n) is 4.67. The van der Waals surface area contributed by atoms with Crippen LogP contribution in [0.3, 0.4) is 0 Å². The summed E-state index contributed by atoms with van der Waals surface area (Å²) >= 11 is 1.73. The van der Waals surface area contributed by atoms with Gasteiger partial charge in [-0.15, -0.1) is 11.8 Å². The molecule has 28 heavy (non-hydrogen) atoms. The summed E-state index contributed by atoms with van der Waals surface area (Å²) in [6.07, 6.45) is 0.515. The van der Waals surface area contributed by atoms with Gasteiger partial charge in [0.1, 0.15) is 28.4 Å². The van der Waals surface area contributed by atoms with Gasteiger partial charge in [0.2, 0.25) is 5.91 Å². The molecule has 1 saturated heterocycles. The molecule has 1 unspecified atom stereocenters. The highest BCUT2D eigenvalue weighted by atomic mass is 32.2. The predicted molar refractivity (Wildman–Crippen MR) is 109 cm³/mol. The maximum absolute atomic E-state index is 12.8. The van der Waals surface area contributed by atoms with Crippen molar-refractivity contribution in [3.63, 3.8) is 0 Å². The lowest BCUT2D eigenvalue weighted by Gasteiger charge is -2.36. The van der Waals surface area contributed by atoms with Crippen LogP contribution in [0.1, 0.15) is 22.9 Å². The highest BCUT2D eigenvalue weighted by Crippen LogP contribution is 2.43. The molecule has 1 fully saturated rings. The van der Waals surface area contributed by atoms with E-state index in [-0.39, 0.29) is 11.3 Å². The highest BCUT2D eigenvalue weighted by Gasteiger charge is 2.32. The molecule has 1 amide bonds. The molecule has 1 aliphatic heterocycles. The lowest BCUT2D eigenvalue weighted by molar-refractivity contribution is -0.132. The van der Waals surface area contributed by atoms with Gasteiger partial charge in [0.25, 0.3) is 0 Å². The van der Waals surface area contributed by atoms with Gasteiger partial charge in [-0.25, -0.2) is 0 Å². The van der Waals surface area contributed by atoms with E-state index >= 15 is 0 Å². The first-order valence-corrected chi connectivity index (χ1v) is 9.99. The first kappa shape index (κ1) is 20.2. The van der Waals surface area contributed by atoms with E-state index in [4.69, 9.17) is 18.9 Å². The van der Waals surface area contributed by atoms with Crippen molar-refractivity contribution in [2.24, 2.45) is 0 Å². The molecule has 6 nitrogen and oxygen atoms in total. The quantitative estimate of drug-likeness (QED) is 0.699. The first-order chi connectivity index (χ1) is 13.6. The molecule has 0 saturated carbocycles. The Balaban J connectivity index is 1.95. The number of methoxy groups -OCH3 is 4. The molecule has 3 rings (SSSR count). The molecule has 1 aliphatic rings. The zero-order valence-corrected chi connectivity index (χ0v) is 17.4. The Hall–Kier alpha value is -2.54. The average Bonchev–Trinajstić information content (AvgIpc) is 2.74. The van der Waals surface area contributed by atoms with E-state index in [1.54, 1.807) is 40.2 Å². The van der Waals surface area contributed by atoms with Crippen molar-refractivity contribution in [1.82, 2.24) is 4.90 Å². The van der Waals surface area contributed by atoms with Crippen LogP contribution in [0.4, 0.5) is 0 Å². The van der Waals surface area contributed by atoms with Gasteiger partial charge >= 0.3 is 0 Å². The summed E-state index contributed by atoms with van der Waals surface area (Å²) in [4.78, 5) is 14.7. The second kappa shape index (κ2) is 9.10. The molecule has 1 atom stereocenters. The second-order valence-corrected chi connectivity index (χ2v) is 7.51. The largest absolute Gasteiger partial charge is 0.497 e. The molecular formula is C21H25NO5S. The molecule has 7 heteroatoms. The second-order valence-electron chi connectivity index (χ2n) is 6.32. The summed E-state index contributed by atoms with van der Waals surface area (Å²) in [7, 11) is 6.48. The molecule has 0 bridgehead atoms. The SMILES string of the molecule is COc1cc(CN2C(=O)CCSC2c2ccc(OC)cc2OC)cc(OC)c1. The Morgan fingerprint density at radius 1 is 0.929 bits per heavy atom. The number of hydrogen-bond acceptors (Lipinski definition) is 6. The van der Waals surface area contributed by atoms with Crippen LogP contribution in [0.25, 0.3) is 0 Å². The Kier molecular flexibility index (Phi) is 6.57. The maximum atomic E-state index is 12.8. The Labute approximate surface area is 169 Å². The van der Waals surface area contributed by atoms with E-state index in [2.05, 4.69) is 0 Å². The van der Waals surface area contributed by atoms with Crippen molar-refractivity contribution in [2.45, 2.75) is 18.3 Å². The maximum Gasteiger partial charge on any atom is 0.224 e. The summed E-state index contributed by atoms with van der Waals surface area (Å²) in [6, 6.07) is 11.4. The number of nitrogens with zero attached hydrogens (tertiary/aromatic N) is 1. The summed E-state index contributed by atoms with van der Waals surface area (Å²) < 4.78 is 21.6. The van der Waals surface area contributed by atoms with Crippen LogP contribution in [-0.2, 0) is 11.3 Å². The number of carbonyl (C=O) groups excluding carboxylic acids is 1. The fourth-order valence-corrected chi connectivity index (χ4v) is 4.49. The number of benzene rings is 2. The minimum absolute atomic E-state index is 0.114. The van der Waals surface area contributed by atoms with E-state index in [9.17, 15) is 4.79 Å². The van der Waals surface area contributed by atoms with Crippen LogP contribution in [0.5, 0.6) is 23.0 Å². The molecule has 1 heterocycles. The van der Waals surface area contributed by atoms with Crippen LogP contribution in [0.15, 0.2) is 36.4 Å². The van der Waals surface area contributed by atoms with Gasteiger partial charge in [-0.2, -0.15) is 0 Å². The van der Waals surface area contributed by atoms with Crippen LogP contribution < -0.4 is 18.9 Å². The lowest BCUT2D eigenvalue weighted by Crippen LogP contribution is -2.36. The monoisotopic (exact) mass is 403 g/mol. The third-order valence-corrected chi connectivity index (χ3v) is 5.93. The molecular weight excluding hydrogens is 378 g/mol. The number of rotatable bonds is 7. The predicted octanol–water partition coefficient (Wildman–Crippen LogP) is 3.89. The molecule has 150 valence electrons. The lowest BCUT2D eigenvalue weighted by atomic mass is 10.1. The standard InChI is InChI=1S/C21H25NO5S/c1-24-15-5-6-18(19(12-15)27-4)21-22(20(23)7-8-28-21)13-14-9-16(25-2)11-17(10-14)26-3/h5-6,9-12,21H,7-8,13H2,1-4H3. The summed E-state index contributed by atoms with van der Waals surface area (Å²) in [6.45, 7) is 0.458. The van der Waals surface area contributed by atoms with Crippen molar-refractivity contribution >= 4 is 17.7 Å². The summed E-state index contributed by atoms with van der Waals surface area (Å²) in [5.41, 5.74) is 1.90. The van der Waals surface area contributed by atoms with E-state index in [0.29, 0.717) is 30.2 Å². The average molecular weight is 404 g/mol. The molecule has 0 aromatic heterocycles. The zero-order chi connectivity index (χ0) is 20.1. The van der Waals surface area contributed by atoms with E-state index in [1.807, 2.05) is 41.3 Å². The van der Waals surface area contributed by atoms with Crippen molar-refractivity contribution in [2.75, 3.05) is 34.2 Å². The van der Waals surface area contributed by atoms with Crippen molar-refractivity contribution in [3.05, 3.63) is 47.5 Å². The number of hydrogen-bond donors (Lipinski definition) is 0. The minimum atomic E-state index is -0.140. The molecule has 0 aliphatic carbocycles. The first-order valence-electron chi connectivity index (χ1n) is 8.94. The van der Waals surface area contributed by atoms with Gasteiger partial charge in [0, 0.05) is 36.4 Å². The van der Waals surface area contributed by atoms with E-state index < -0.39 is 0 Å².